The highest BCUT2D eigenvalue weighted by molar-refractivity contribution is 4.77. The van der Waals surface area contributed by atoms with Crippen LogP contribution in [0, 0.1) is 5.92 Å². The quantitative estimate of drug-likeness (QED) is 0.722. The van der Waals surface area contributed by atoms with Gasteiger partial charge in [-0.3, -0.25) is 4.90 Å². The molecule has 2 nitrogen and oxygen atoms in total. The summed E-state index contributed by atoms with van der Waals surface area (Å²) in [5.41, 5.74) is 0. The Kier molecular flexibility index (Phi) is 3.82. The van der Waals surface area contributed by atoms with Gasteiger partial charge in [-0.05, 0) is 58.2 Å². The second-order valence-electron chi connectivity index (χ2n) is 5.05. The molecule has 1 aliphatic heterocycles. The van der Waals surface area contributed by atoms with Gasteiger partial charge in [0.15, 0.2) is 0 Å². The van der Waals surface area contributed by atoms with E-state index in [4.69, 9.17) is 0 Å². The number of likely N-dealkylation sites (tertiary alicyclic amines) is 1. The summed E-state index contributed by atoms with van der Waals surface area (Å²) in [7, 11) is 0. The Hall–Kier alpha value is -0.0800. The van der Waals surface area contributed by atoms with Gasteiger partial charge in [-0.1, -0.05) is 6.42 Å². The first-order valence-corrected chi connectivity index (χ1v) is 6.31. The van der Waals surface area contributed by atoms with Crippen LogP contribution in [0.4, 0.5) is 0 Å². The van der Waals surface area contributed by atoms with Crippen LogP contribution >= 0.6 is 0 Å². The van der Waals surface area contributed by atoms with Crippen molar-refractivity contribution in [2.45, 2.75) is 45.1 Å². The lowest BCUT2D eigenvalue weighted by Crippen LogP contribution is -2.40. The zero-order valence-electron chi connectivity index (χ0n) is 9.47. The molecule has 2 aliphatic rings. The monoisotopic (exact) mass is 196 g/mol. The van der Waals surface area contributed by atoms with Crippen LogP contribution < -0.4 is 5.32 Å². The zero-order chi connectivity index (χ0) is 9.80. The first-order chi connectivity index (χ1) is 6.86. The standard InChI is InChI=1S/C12H24N2/c1-11(14-7-2-3-8-14)9-13-10-12-5-4-6-12/h11-13H,2-10H2,1H3. The molecule has 0 spiro atoms. The van der Waals surface area contributed by atoms with Crippen LogP contribution in [0.15, 0.2) is 0 Å². The van der Waals surface area contributed by atoms with Crippen LogP contribution in [0.5, 0.6) is 0 Å². The smallest absolute Gasteiger partial charge is 0.0192 e. The maximum Gasteiger partial charge on any atom is 0.0192 e. The first-order valence-electron chi connectivity index (χ1n) is 6.31. The third kappa shape index (κ3) is 2.71. The van der Waals surface area contributed by atoms with Gasteiger partial charge >= 0.3 is 0 Å². The van der Waals surface area contributed by atoms with E-state index in [1.807, 2.05) is 0 Å². The van der Waals surface area contributed by atoms with Gasteiger partial charge in [0.2, 0.25) is 0 Å². The topological polar surface area (TPSA) is 15.3 Å². The van der Waals surface area contributed by atoms with E-state index in [2.05, 4.69) is 17.1 Å². The Morgan fingerprint density at radius 2 is 1.93 bits per heavy atom. The summed E-state index contributed by atoms with van der Waals surface area (Å²) in [4.78, 5) is 2.62. The van der Waals surface area contributed by atoms with Crippen molar-refractivity contribution in [2.24, 2.45) is 5.92 Å². The van der Waals surface area contributed by atoms with Gasteiger partial charge in [0, 0.05) is 12.6 Å². The summed E-state index contributed by atoms with van der Waals surface area (Å²) in [6, 6.07) is 0.748. The van der Waals surface area contributed by atoms with Crippen LogP contribution in [-0.4, -0.2) is 37.1 Å². The van der Waals surface area contributed by atoms with E-state index in [1.165, 1.54) is 58.3 Å². The number of nitrogens with zero attached hydrogens (tertiary/aromatic N) is 1. The van der Waals surface area contributed by atoms with E-state index in [0.717, 1.165) is 12.0 Å². The lowest BCUT2D eigenvalue weighted by atomic mass is 9.85. The van der Waals surface area contributed by atoms with E-state index in [1.54, 1.807) is 0 Å². The van der Waals surface area contributed by atoms with E-state index < -0.39 is 0 Å². The third-order valence-electron chi connectivity index (χ3n) is 3.86. The SMILES string of the molecule is CC(CNCC1CCC1)N1CCCC1. The molecule has 2 fully saturated rings. The fraction of sp³-hybridized carbons (Fsp3) is 1.00. The Balaban J connectivity index is 1.54. The molecule has 1 saturated heterocycles. The molecular formula is C12H24N2. The van der Waals surface area contributed by atoms with Crippen LogP contribution in [0.3, 0.4) is 0 Å². The number of rotatable bonds is 5. The predicted molar refractivity (Wildman–Crippen MR) is 60.5 cm³/mol. The van der Waals surface area contributed by atoms with Crippen molar-refractivity contribution in [1.29, 1.82) is 0 Å². The highest BCUT2D eigenvalue weighted by Gasteiger charge is 2.19. The van der Waals surface area contributed by atoms with Gasteiger partial charge in [-0.15, -0.1) is 0 Å². The van der Waals surface area contributed by atoms with Crippen LogP contribution in [0.1, 0.15) is 39.0 Å². The van der Waals surface area contributed by atoms with E-state index in [-0.39, 0.29) is 0 Å². The van der Waals surface area contributed by atoms with Crippen LogP contribution in [0.25, 0.3) is 0 Å². The summed E-state index contributed by atoms with van der Waals surface area (Å²) >= 11 is 0. The van der Waals surface area contributed by atoms with E-state index >= 15 is 0 Å². The molecule has 0 amide bonds. The lowest BCUT2D eigenvalue weighted by molar-refractivity contribution is 0.237. The van der Waals surface area contributed by atoms with Gasteiger partial charge in [-0.25, -0.2) is 0 Å². The van der Waals surface area contributed by atoms with Crippen molar-refractivity contribution in [2.75, 3.05) is 26.2 Å². The number of hydrogen-bond donors (Lipinski definition) is 1. The fourth-order valence-corrected chi connectivity index (χ4v) is 2.50. The molecule has 1 N–H and O–H groups in total. The summed E-state index contributed by atoms with van der Waals surface area (Å²) in [6.45, 7) is 7.46. The summed E-state index contributed by atoms with van der Waals surface area (Å²) in [6.07, 6.45) is 7.21. The van der Waals surface area contributed by atoms with E-state index in [9.17, 15) is 0 Å². The Labute approximate surface area is 88.1 Å². The van der Waals surface area contributed by atoms with Crippen LogP contribution in [-0.2, 0) is 0 Å². The lowest BCUT2D eigenvalue weighted by Gasteiger charge is -2.28. The second-order valence-corrected chi connectivity index (χ2v) is 5.05. The zero-order valence-corrected chi connectivity index (χ0v) is 9.47. The molecule has 2 rings (SSSR count). The first kappa shape index (κ1) is 10.4. The number of nitrogens with one attached hydrogen (secondary N) is 1. The third-order valence-corrected chi connectivity index (χ3v) is 3.86. The second kappa shape index (κ2) is 5.13. The number of hydrogen-bond acceptors (Lipinski definition) is 2. The van der Waals surface area contributed by atoms with Crippen LogP contribution in [0.2, 0.25) is 0 Å². The minimum absolute atomic E-state index is 0.748. The van der Waals surface area contributed by atoms with Gasteiger partial charge in [0.1, 0.15) is 0 Å². The molecule has 1 heterocycles. The van der Waals surface area contributed by atoms with Crippen molar-refractivity contribution in [3.63, 3.8) is 0 Å². The van der Waals surface area contributed by atoms with E-state index in [0.29, 0.717) is 0 Å². The highest BCUT2D eigenvalue weighted by Crippen LogP contribution is 2.25. The molecule has 1 aliphatic carbocycles. The van der Waals surface area contributed by atoms with Gasteiger partial charge < -0.3 is 5.32 Å². The van der Waals surface area contributed by atoms with Gasteiger partial charge in [0.25, 0.3) is 0 Å². The Morgan fingerprint density at radius 1 is 1.21 bits per heavy atom. The highest BCUT2D eigenvalue weighted by atomic mass is 15.2. The predicted octanol–water partition coefficient (Wildman–Crippen LogP) is 1.86. The molecule has 82 valence electrons. The molecule has 1 unspecified atom stereocenters. The minimum Gasteiger partial charge on any atom is -0.315 e. The molecule has 2 heteroatoms. The molecular weight excluding hydrogens is 172 g/mol. The Bertz CT molecular complexity index is 160. The largest absolute Gasteiger partial charge is 0.315 e. The van der Waals surface area contributed by atoms with Crippen molar-refractivity contribution < 1.29 is 0 Å². The average Bonchev–Trinajstić information content (AvgIpc) is 2.61. The van der Waals surface area contributed by atoms with Crippen molar-refractivity contribution in [3.8, 4) is 0 Å². The molecule has 14 heavy (non-hydrogen) atoms. The summed E-state index contributed by atoms with van der Waals surface area (Å²) < 4.78 is 0. The fourth-order valence-electron chi connectivity index (χ4n) is 2.50. The van der Waals surface area contributed by atoms with Gasteiger partial charge in [0.05, 0.1) is 0 Å². The molecule has 0 radical (unpaired) electrons. The normalized spacial score (nSPS) is 26.4. The maximum atomic E-state index is 3.62. The molecule has 0 aromatic heterocycles. The van der Waals surface area contributed by atoms with Crippen molar-refractivity contribution >= 4 is 0 Å². The molecule has 0 aromatic rings. The maximum absolute atomic E-state index is 3.62. The average molecular weight is 196 g/mol. The van der Waals surface area contributed by atoms with Gasteiger partial charge in [-0.2, -0.15) is 0 Å². The summed E-state index contributed by atoms with van der Waals surface area (Å²) in [5, 5.41) is 3.62. The molecule has 0 aromatic carbocycles. The summed E-state index contributed by atoms with van der Waals surface area (Å²) in [5.74, 6) is 1.00. The molecule has 1 saturated carbocycles. The van der Waals surface area contributed by atoms with Crippen molar-refractivity contribution in [1.82, 2.24) is 10.2 Å². The molecule has 0 bridgehead atoms. The molecule has 1 atom stereocenters. The van der Waals surface area contributed by atoms with Crippen molar-refractivity contribution in [3.05, 3.63) is 0 Å². The Morgan fingerprint density at radius 3 is 2.50 bits per heavy atom. The minimum atomic E-state index is 0.748.